The van der Waals surface area contributed by atoms with Crippen LogP contribution in [-0.4, -0.2) is 9.61 Å². The van der Waals surface area contributed by atoms with E-state index in [1.807, 2.05) is 23.0 Å². The van der Waals surface area contributed by atoms with Gasteiger partial charge < -0.3 is 0 Å². The molecule has 2 nitrogen and oxygen atoms in total. The van der Waals surface area contributed by atoms with E-state index in [9.17, 15) is 0 Å². The lowest BCUT2D eigenvalue weighted by Gasteiger charge is -2.01. The monoisotopic (exact) mass is 172 g/mol. The van der Waals surface area contributed by atoms with E-state index < -0.39 is 0 Å². The van der Waals surface area contributed by atoms with Crippen LogP contribution in [0.15, 0.2) is 25.0 Å². The summed E-state index contributed by atoms with van der Waals surface area (Å²) in [5.41, 5.74) is 4.76. The van der Waals surface area contributed by atoms with Crippen molar-refractivity contribution >= 4 is 11.6 Å². The van der Waals surface area contributed by atoms with Crippen LogP contribution in [0.4, 0.5) is 0 Å². The molecule has 0 radical (unpaired) electrons. The van der Waals surface area contributed by atoms with Crippen LogP contribution in [0.3, 0.4) is 0 Å². The van der Waals surface area contributed by atoms with Crippen molar-refractivity contribution in [2.75, 3.05) is 0 Å². The van der Waals surface area contributed by atoms with Crippen LogP contribution >= 0.6 is 0 Å². The molecule has 2 heterocycles. The van der Waals surface area contributed by atoms with Crippen LogP contribution in [0.2, 0.25) is 0 Å². The molecule has 0 saturated carbocycles. The lowest BCUT2D eigenvalue weighted by Crippen LogP contribution is -1.91. The average molecular weight is 172 g/mol. The minimum absolute atomic E-state index is 1.10. The molecule has 0 aromatic carbocycles. The van der Waals surface area contributed by atoms with Crippen molar-refractivity contribution in [3.8, 4) is 0 Å². The van der Waals surface area contributed by atoms with Gasteiger partial charge in [0, 0.05) is 6.20 Å². The first kappa shape index (κ1) is 8.05. The van der Waals surface area contributed by atoms with Crippen molar-refractivity contribution in [2.24, 2.45) is 0 Å². The average Bonchev–Trinajstić information content (AvgIpc) is 2.48. The number of aryl methyl sites for hydroxylation is 2. The zero-order chi connectivity index (χ0) is 9.42. The Hall–Kier alpha value is -1.57. The molecule has 0 spiro atoms. The summed E-state index contributed by atoms with van der Waals surface area (Å²) in [5, 5.41) is 4.26. The summed E-state index contributed by atoms with van der Waals surface area (Å²) in [4.78, 5) is 0. The third kappa shape index (κ3) is 1.15. The molecule has 0 aliphatic rings. The number of rotatable bonds is 1. The zero-order valence-corrected chi connectivity index (χ0v) is 7.91. The summed E-state index contributed by atoms with van der Waals surface area (Å²) in [7, 11) is 0. The molecule has 0 N–H and O–H groups in total. The van der Waals surface area contributed by atoms with Crippen LogP contribution < -0.4 is 0 Å². The molecule has 13 heavy (non-hydrogen) atoms. The maximum atomic E-state index is 4.26. The number of aromatic nitrogens is 2. The standard InChI is InChI=1S/C11H12N2/c1-4-10-5-8(2)11-9(3)6-12-13(11)7-10/h4-7H,1H2,2-3H3. The fraction of sp³-hybridized carbons (Fsp3) is 0.182. The van der Waals surface area contributed by atoms with E-state index >= 15 is 0 Å². The third-order valence-electron chi connectivity index (χ3n) is 2.24. The van der Waals surface area contributed by atoms with Gasteiger partial charge in [0.05, 0.1) is 11.7 Å². The second-order valence-electron chi connectivity index (χ2n) is 3.28. The highest BCUT2D eigenvalue weighted by Crippen LogP contribution is 2.16. The van der Waals surface area contributed by atoms with Gasteiger partial charge in [-0.2, -0.15) is 5.10 Å². The quantitative estimate of drug-likeness (QED) is 0.646. The summed E-state index contributed by atoms with van der Waals surface area (Å²) in [6.45, 7) is 7.91. The lowest BCUT2D eigenvalue weighted by molar-refractivity contribution is 0.953. The number of fused-ring (bicyclic) bond motifs is 1. The Morgan fingerprint density at radius 3 is 2.85 bits per heavy atom. The molecule has 2 aromatic heterocycles. The van der Waals surface area contributed by atoms with E-state index in [0.717, 1.165) is 5.56 Å². The van der Waals surface area contributed by atoms with Crippen molar-refractivity contribution in [2.45, 2.75) is 13.8 Å². The second-order valence-corrected chi connectivity index (χ2v) is 3.28. The second kappa shape index (κ2) is 2.73. The summed E-state index contributed by atoms with van der Waals surface area (Å²) >= 11 is 0. The lowest BCUT2D eigenvalue weighted by atomic mass is 10.1. The Morgan fingerprint density at radius 1 is 1.38 bits per heavy atom. The van der Waals surface area contributed by atoms with Crippen LogP contribution in [-0.2, 0) is 0 Å². The van der Waals surface area contributed by atoms with E-state index in [2.05, 4.69) is 31.6 Å². The summed E-state index contributed by atoms with van der Waals surface area (Å²) in [6, 6.07) is 2.12. The Morgan fingerprint density at radius 2 is 2.15 bits per heavy atom. The van der Waals surface area contributed by atoms with Crippen molar-refractivity contribution in [1.82, 2.24) is 9.61 Å². The van der Waals surface area contributed by atoms with E-state index in [1.165, 1.54) is 16.6 Å². The van der Waals surface area contributed by atoms with Crippen molar-refractivity contribution in [3.63, 3.8) is 0 Å². The molecular formula is C11H12N2. The summed E-state index contributed by atoms with van der Waals surface area (Å²) in [5.74, 6) is 0. The molecule has 2 rings (SSSR count). The molecule has 0 amide bonds. The van der Waals surface area contributed by atoms with Gasteiger partial charge in [0.25, 0.3) is 0 Å². The van der Waals surface area contributed by atoms with Crippen LogP contribution in [0, 0.1) is 13.8 Å². The SMILES string of the molecule is C=Cc1cc(C)c2c(C)cnn2c1. The highest BCUT2D eigenvalue weighted by atomic mass is 15.2. The van der Waals surface area contributed by atoms with Crippen LogP contribution in [0.25, 0.3) is 11.6 Å². The fourth-order valence-electron chi connectivity index (χ4n) is 1.65. The molecule has 2 heteroatoms. The normalized spacial score (nSPS) is 10.6. The topological polar surface area (TPSA) is 17.3 Å². The zero-order valence-electron chi connectivity index (χ0n) is 7.91. The first-order valence-corrected chi connectivity index (χ1v) is 4.29. The number of hydrogen-bond donors (Lipinski definition) is 0. The number of hydrogen-bond acceptors (Lipinski definition) is 1. The van der Waals surface area contributed by atoms with Crippen molar-refractivity contribution in [1.29, 1.82) is 0 Å². The third-order valence-corrected chi connectivity index (χ3v) is 2.24. The fourth-order valence-corrected chi connectivity index (χ4v) is 1.65. The molecule has 0 bridgehead atoms. The Kier molecular flexibility index (Phi) is 1.69. The molecule has 0 aliphatic heterocycles. The van der Waals surface area contributed by atoms with E-state index in [1.54, 1.807) is 0 Å². The molecule has 2 aromatic rings. The Labute approximate surface area is 77.5 Å². The van der Waals surface area contributed by atoms with E-state index in [0.29, 0.717) is 0 Å². The van der Waals surface area contributed by atoms with Gasteiger partial charge in [-0.1, -0.05) is 12.7 Å². The summed E-state index contributed by atoms with van der Waals surface area (Å²) < 4.78 is 1.90. The highest BCUT2D eigenvalue weighted by molar-refractivity contribution is 5.63. The highest BCUT2D eigenvalue weighted by Gasteiger charge is 2.02. The smallest absolute Gasteiger partial charge is 0.0720 e. The van der Waals surface area contributed by atoms with Gasteiger partial charge in [-0.3, -0.25) is 0 Å². The molecular weight excluding hydrogens is 160 g/mol. The number of nitrogens with zero attached hydrogens (tertiary/aromatic N) is 2. The molecule has 0 aliphatic carbocycles. The molecule has 0 saturated heterocycles. The van der Waals surface area contributed by atoms with E-state index in [-0.39, 0.29) is 0 Å². The van der Waals surface area contributed by atoms with Gasteiger partial charge in [0.2, 0.25) is 0 Å². The first-order valence-electron chi connectivity index (χ1n) is 4.29. The Balaban J connectivity index is 2.86. The maximum Gasteiger partial charge on any atom is 0.0720 e. The maximum absolute atomic E-state index is 4.26. The molecule has 66 valence electrons. The van der Waals surface area contributed by atoms with Gasteiger partial charge in [-0.05, 0) is 36.6 Å². The number of pyridine rings is 1. The van der Waals surface area contributed by atoms with Gasteiger partial charge in [-0.15, -0.1) is 0 Å². The molecule has 0 fully saturated rings. The van der Waals surface area contributed by atoms with E-state index in [4.69, 9.17) is 0 Å². The largest absolute Gasteiger partial charge is 0.240 e. The minimum Gasteiger partial charge on any atom is -0.240 e. The predicted octanol–water partition coefficient (Wildman–Crippen LogP) is 2.59. The predicted molar refractivity (Wildman–Crippen MR) is 54.8 cm³/mol. The van der Waals surface area contributed by atoms with Gasteiger partial charge in [0.1, 0.15) is 0 Å². The van der Waals surface area contributed by atoms with Crippen molar-refractivity contribution in [3.05, 3.63) is 41.7 Å². The van der Waals surface area contributed by atoms with Gasteiger partial charge >= 0.3 is 0 Å². The van der Waals surface area contributed by atoms with Crippen LogP contribution in [0.5, 0.6) is 0 Å². The Bertz CT molecular complexity index is 466. The molecule has 0 unspecified atom stereocenters. The summed E-state index contributed by atoms with van der Waals surface area (Å²) in [6.07, 6.45) is 5.71. The minimum atomic E-state index is 1.10. The van der Waals surface area contributed by atoms with Crippen LogP contribution in [0.1, 0.15) is 16.7 Å². The van der Waals surface area contributed by atoms with Gasteiger partial charge in [-0.25, -0.2) is 4.52 Å². The molecule has 0 atom stereocenters. The van der Waals surface area contributed by atoms with Gasteiger partial charge in [0.15, 0.2) is 0 Å². The first-order chi connectivity index (χ1) is 6.22. The van der Waals surface area contributed by atoms with Crippen molar-refractivity contribution < 1.29 is 0 Å².